The van der Waals surface area contributed by atoms with Gasteiger partial charge < -0.3 is 14.2 Å². The summed E-state index contributed by atoms with van der Waals surface area (Å²) < 4.78 is 16.6. The van der Waals surface area contributed by atoms with Crippen LogP contribution in [0.3, 0.4) is 0 Å². The molecule has 6 heteroatoms. The Bertz CT molecular complexity index is 1170. The van der Waals surface area contributed by atoms with Crippen molar-refractivity contribution in [3.63, 3.8) is 0 Å². The minimum Gasteiger partial charge on any atom is -0.462 e. The molecule has 0 aliphatic rings. The van der Waals surface area contributed by atoms with Crippen molar-refractivity contribution in [2.45, 2.75) is 187 Å². The van der Waals surface area contributed by atoms with E-state index in [1.807, 2.05) is 54.7 Å². The third-order valence-electron chi connectivity index (χ3n) is 9.02. The molecule has 0 aromatic carbocycles. The smallest absolute Gasteiger partial charge is 0.306 e. The molecular weight excluding hydrogens is 697 g/mol. The molecule has 56 heavy (non-hydrogen) atoms. The monoisotopic (exact) mass is 777 g/mol. The molecule has 0 fully saturated rings. The van der Waals surface area contributed by atoms with E-state index in [2.05, 4.69) is 63.3 Å². The molecule has 0 radical (unpaired) electrons. The van der Waals surface area contributed by atoms with Gasteiger partial charge in [0.15, 0.2) is 6.10 Å². The molecule has 0 saturated carbocycles. The first-order chi connectivity index (χ1) is 27.5. The van der Waals surface area contributed by atoms with Gasteiger partial charge in [-0.3, -0.25) is 14.4 Å². The summed E-state index contributed by atoms with van der Waals surface area (Å²) in [4.78, 5) is 37.7. The molecule has 1 atom stereocenters. The molecule has 0 amide bonds. The SMILES string of the molecule is CC\C=C/C=C\C=C/C=C\C=C/CCCCCC(=O)OCC(COC(=O)CCCCCCCCCCCC)OC(=O)CCCCCCC\C=C/C=C\C=C/CC. The fraction of sp³-hybridized carbons (Fsp3) is 0.620. The van der Waals surface area contributed by atoms with Crippen LogP contribution in [0.25, 0.3) is 0 Å². The normalized spacial score (nSPS) is 13.0. The lowest BCUT2D eigenvalue weighted by Gasteiger charge is -2.18. The summed E-state index contributed by atoms with van der Waals surface area (Å²) in [5, 5.41) is 0. The topological polar surface area (TPSA) is 78.9 Å². The minimum absolute atomic E-state index is 0.100. The maximum Gasteiger partial charge on any atom is 0.306 e. The van der Waals surface area contributed by atoms with Crippen LogP contribution in [0.5, 0.6) is 0 Å². The molecule has 6 nitrogen and oxygen atoms in total. The number of allylic oxidation sites excluding steroid dienone is 16. The Hall–Kier alpha value is -3.67. The number of unbranched alkanes of at least 4 members (excludes halogenated alkanes) is 17. The molecule has 0 N–H and O–H groups in total. The second-order valence-corrected chi connectivity index (χ2v) is 14.4. The number of hydrogen-bond acceptors (Lipinski definition) is 6. The lowest BCUT2D eigenvalue weighted by atomic mass is 10.1. The van der Waals surface area contributed by atoms with Crippen LogP contribution in [0.2, 0.25) is 0 Å². The standard InChI is InChI=1S/C50H80O6/c1-4-7-10-13-16-19-22-24-25-27-28-31-34-37-40-43-49(52)55-46-47(45-54-48(51)42-39-36-33-30-21-18-15-12-9-6-3)56-50(53)44-41-38-35-32-29-26-23-20-17-14-11-8-5-2/h7-8,10-11,13-14,16-17,19-20,22-25,27-28,47H,4-6,9,12,15,18,21,26,29-46H2,1-3H3/b10-7-,11-8-,16-13-,17-14-,22-19-,23-20-,25-24-,28-27-. The number of hydrogen-bond donors (Lipinski definition) is 0. The van der Waals surface area contributed by atoms with Gasteiger partial charge >= 0.3 is 17.9 Å². The molecule has 0 aromatic rings. The van der Waals surface area contributed by atoms with E-state index in [4.69, 9.17) is 14.2 Å². The molecule has 0 saturated heterocycles. The van der Waals surface area contributed by atoms with Crippen LogP contribution in [0.1, 0.15) is 181 Å². The lowest BCUT2D eigenvalue weighted by molar-refractivity contribution is -0.167. The fourth-order valence-corrected chi connectivity index (χ4v) is 5.70. The van der Waals surface area contributed by atoms with Gasteiger partial charge in [0, 0.05) is 19.3 Å². The minimum atomic E-state index is -0.802. The number of esters is 3. The van der Waals surface area contributed by atoms with Gasteiger partial charge in [0.2, 0.25) is 0 Å². The predicted octanol–water partition coefficient (Wildman–Crippen LogP) is 14.2. The van der Waals surface area contributed by atoms with Gasteiger partial charge in [-0.2, -0.15) is 0 Å². The van der Waals surface area contributed by atoms with E-state index in [1.165, 1.54) is 44.9 Å². The number of carbonyl (C=O) groups excluding carboxylic acids is 3. The fourth-order valence-electron chi connectivity index (χ4n) is 5.70. The van der Waals surface area contributed by atoms with E-state index < -0.39 is 6.10 Å². The van der Waals surface area contributed by atoms with Crippen molar-refractivity contribution >= 4 is 17.9 Å². The zero-order chi connectivity index (χ0) is 40.8. The Morgan fingerprint density at radius 1 is 0.375 bits per heavy atom. The van der Waals surface area contributed by atoms with Crippen LogP contribution in [0, 0.1) is 0 Å². The van der Waals surface area contributed by atoms with Crippen LogP contribution in [0.15, 0.2) is 97.2 Å². The molecule has 0 bridgehead atoms. The molecule has 0 rings (SSSR count). The predicted molar refractivity (Wildman–Crippen MR) is 237 cm³/mol. The van der Waals surface area contributed by atoms with Gasteiger partial charge in [0.25, 0.3) is 0 Å². The third kappa shape index (κ3) is 41.5. The first kappa shape index (κ1) is 52.3. The third-order valence-corrected chi connectivity index (χ3v) is 9.02. The van der Waals surface area contributed by atoms with Crippen molar-refractivity contribution in [1.82, 2.24) is 0 Å². The van der Waals surface area contributed by atoms with E-state index in [0.29, 0.717) is 19.3 Å². The maximum absolute atomic E-state index is 12.7. The van der Waals surface area contributed by atoms with Crippen LogP contribution in [-0.4, -0.2) is 37.2 Å². The van der Waals surface area contributed by atoms with E-state index in [-0.39, 0.29) is 31.1 Å². The summed E-state index contributed by atoms with van der Waals surface area (Å²) in [5.41, 5.74) is 0. The molecule has 0 aliphatic carbocycles. The molecule has 1 unspecified atom stereocenters. The summed E-state index contributed by atoms with van der Waals surface area (Å²) in [6.45, 7) is 6.26. The zero-order valence-corrected chi connectivity index (χ0v) is 35.9. The molecule has 0 aliphatic heterocycles. The number of carbonyl (C=O) groups is 3. The summed E-state index contributed by atoms with van der Waals surface area (Å²) in [5.74, 6) is -0.976. The largest absolute Gasteiger partial charge is 0.462 e. The number of ether oxygens (including phenoxy) is 3. The molecular formula is C50H80O6. The zero-order valence-electron chi connectivity index (χ0n) is 35.9. The second-order valence-electron chi connectivity index (χ2n) is 14.4. The highest BCUT2D eigenvalue weighted by Gasteiger charge is 2.19. The lowest BCUT2D eigenvalue weighted by Crippen LogP contribution is -2.30. The van der Waals surface area contributed by atoms with E-state index in [9.17, 15) is 14.4 Å². The number of rotatable bonds is 38. The summed E-state index contributed by atoms with van der Waals surface area (Å²) >= 11 is 0. The molecule has 0 aromatic heterocycles. The Kier molecular flexibility index (Phi) is 41.2. The van der Waals surface area contributed by atoms with Gasteiger partial charge in [0.05, 0.1) is 0 Å². The first-order valence-electron chi connectivity index (χ1n) is 22.3. The van der Waals surface area contributed by atoms with E-state index in [0.717, 1.165) is 96.3 Å². The van der Waals surface area contributed by atoms with Gasteiger partial charge in [0.1, 0.15) is 13.2 Å². The van der Waals surface area contributed by atoms with Gasteiger partial charge in [-0.15, -0.1) is 0 Å². The van der Waals surface area contributed by atoms with Crippen molar-refractivity contribution in [1.29, 1.82) is 0 Å². The van der Waals surface area contributed by atoms with Crippen molar-refractivity contribution in [2.75, 3.05) is 13.2 Å². The van der Waals surface area contributed by atoms with Crippen molar-refractivity contribution in [2.24, 2.45) is 0 Å². The summed E-state index contributed by atoms with van der Waals surface area (Å²) in [7, 11) is 0. The van der Waals surface area contributed by atoms with Crippen molar-refractivity contribution < 1.29 is 28.6 Å². The summed E-state index contributed by atoms with van der Waals surface area (Å²) in [6, 6.07) is 0. The maximum atomic E-state index is 12.7. The van der Waals surface area contributed by atoms with Crippen molar-refractivity contribution in [3.8, 4) is 0 Å². The first-order valence-corrected chi connectivity index (χ1v) is 22.3. The Morgan fingerprint density at radius 3 is 1.11 bits per heavy atom. The van der Waals surface area contributed by atoms with Crippen LogP contribution in [-0.2, 0) is 28.6 Å². The second kappa shape index (κ2) is 44.0. The van der Waals surface area contributed by atoms with Gasteiger partial charge in [-0.05, 0) is 57.8 Å². The van der Waals surface area contributed by atoms with Crippen molar-refractivity contribution in [3.05, 3.63) is 97.2 Å². The Labute approximate surface area is 343 Å². The molecule has 316 valence electrons. The van der Waals surface area contributed by atoms with Crippen LogP contribution < -0.4 is 0 Å². The highest BCUT2D eigenvalue weighted by Crippen LogP contribution is 2.13. The average molecular weight is 777 g/mol. The highest BCUT2D eigenvalue weighted by molar-refractivity contribution is 5.71. The average Bonchev–Trinajstić information content (AvgIpc) is 3.19. The Balaban J connectivity index is 4.51. The quantitative estimate of drug-likeness (QED) is 0.0269. The van der Waals surface area contributed by atoms with Crippen LogP contribution in [0.4, 0.5) is 0 Å². The highest BCUT2D eigenvalue weighted by atomic mass is 16.6. The summed E-state index contributed by atoms with van der Waals surface area (Å²) in [6.07, 6.45) is 56.7. The molecule has 0 spiro atoms. The van der Waals surface area contributed by atoms with Gasteiger partial charge in [-0.25, -0.2) is 0 Å². The van der Waals surface area contributed by atoms with Crippen LogP contribution >= 0.6 is 0 Å². The van der Waals surface area contributed by atoms with E-state index >= 15 is 0 Å². The van der Waals surface area contributed by atoms with Gasteiger partial charge in [-0.1, -0.05) is 201 Å². The van der Waals surface area contributed by atoms with E-state index in [1.54, 1.807) is 0 Å². The molecule has 0 heterocycles. The Morgan fingerprint density at radius 2 is 0.696 bits per heavy atom.